The van der Waals surface area contributed by atoms with E-state index < -0.39 is 15.9 Å². The van der Waals surface area contributed by atoms with Gasteiger partial charge in [0.2, 0.25) is 0 Å². The van der Waals surface area contributed by atoms with Crippen LogP contribution in [0.4, 0.5) is 0 Å². The highest BCUT2D eigenvalue weighted by atomic mass is 31.2. The van der Waals surface area contributed by atoms with Gasteiger partial charge in [0.15, 0.2) is 8.24 Å². The van der Waals surface area contributed by atoms with E-state index in [2.05, 4.69) is 52.0 Å². The maximum Gasteiger partial charge on any atom is 0.281 e. The van der Waals surface area contributed by atoms with E-state index >= 15 is 0 Å². The lowest BCUT2D eigenvalue weighted by atomic mass is 10.3. The SMILES string of the molecule is CC(C)N(C(C)C)P1(=N[Si](C)(C)C)OCCO1. The van der Waals surface area contributed by atoms with Gasteiger partial charge in [-0.25, -0.2) is 4.67 Å². The Morgan fingerprint density at radius 2 is 1.41 bits per heavy atom. The molecule has 0 aromatic carbocycles. The molecule has 0 aromatic rings. The van der Waals surface area contributed by atoms with Gasteiger partial charge in [0, 0.05) is 12.1 Å². The fourth-order valence-corrected chi connectivity index (χ4v) is 8.19. The number of hydrogen-bond acceptors (Lipinski definition) is 3. The highest BCUT2D eigenvalue weighted by molar-refractivity contribution is 7.55. The van der Waals surface area contributed by atoms with Crippen molar-refractivity contribution in [1.82, 2.24) is 4.67 Å². The Morgan fingerprint density at radius 1 is 1.00 bits per heavy atom. The fraction of sp³-hybridized carbons (Fsp3) is 1.00. The van der Waals surface area contributed by atoms with Crippen molar-refractivity contribution in [1.29, 1.82) is 0 Å². The van der Waals surface area contributed by atoms with Crippen LogP contribution >= 0.6 is 7.66 Å². The van der Waals surface area contributed by atoms with Gasteiger partial charge in [0.1, 0.15) is 0 Å². The molecule has 1 heterocycles. The van der Waals surface area contributed by atoms with Gasteiger partial charge in [-0.2, -0.15) is 0 Å². The molecule has 0 amide bonds. The molecule has 4 nitrogen and oxygen atoms in total. The minimum absolute atomic E-state index is 0.390. The van der Waals surface area contributed by atoms with E-state index in [-0.39, 0.29) is 0 Å². The number of rotatable bonds is 4. The lowest BCUT2D eigenvalue weighted by Crippen LogP contribution is -2.35. The van der Waals surface area contributed by atoms with E-state index in [1.807, 2.05) is 0 Å². The van der Waals surface area contributed by atoms with Crippen molar-refractivity contribution >= 4 is 15.9 Å². The highest BCUT2D eigenvalue weighted by Gasteiger charge is 2.39. The van der Waals surface area contributed by atoms with Crippen molar-refractivity contribution in [2.45, 2.75) is 59.4 Å². The summed E-state index contributed by atoms with van der Waals surface area (Å²) in [6.07, 6.45) is 0. The van der Waals surface area contributed by atoms with Gasteiger partial charge in [-0.1, -0.05) is 0 Å². The van der Waals surface area contributed by atoms with Gasteiger partial charge in [-0.3, -0.25) is 4.41 Å². The molecule has 1 fully saturated rings. The van der Waals surface area contributed by atoms with Crippen LogP contribution in [0.1, 0.15) is 27.7 Å². The Morgan fingerprint density at radius 3 is 1.71 bits per heavy atom. The topological polar surface area (TPSA) is 34.1 Å². The first-order valence-corrected chi connectivity index (χ1v) is 11.4. The van der Waals surface area contributed by atoms with Crippen molar-refractivity contribution in [3.05, 3.63) is 0 Å². The maximum absolute atomic E-state index is 5.98. The summed E-state index contributed by atoms with van der Waals surface area (Å²) in [5.74, 6) is 0. The molecule has 6 heteroatoms. The van der Waals surface area contributed by atoms with Crippen LogP contribution in [0.2, 0.25) is 19.6 Å². The van der Waals surface area contributed by atoms with E-state index in [0.29, 0.717) is 25.3 Å². The molecule has 0 N–H and O–H groups in total. The van der Waals surface area contributed by atoms with Crippen molar-refractivity contribution in [3.8, 4) is 0 Å². The molecule has 0 radical (unpaired) electrons. The largest absolute Gasteiger partial charge is 0.310 e. The zero-order valence-electron chi connectivity index (χ0n) is 12.2. The van der Waals surface area contributed by atoms with E-state index in [1.54, 1.807) is 0 Å². The molecular formula is C11H27N2O2PSi. The zero-order chi connectivity index (χ0) is 13.3. The van der Waals surface area contributed by atoms with Crippen molar-refractivity contribution in [2.24, 2.45) is 4.41 Å². The van der Waals surface area contributed by atoms with Gasteiger partial charge in [0.25, 0.3) is 7.66 Å². The monoisotopic (exact) mass is 278 g/mol. The minimum atomic E-state index is -2.17. The molecule has 0 bridgehead atoms. The Hall–Kier alpha value is 0.327. The van der Waals surface area contributed by atoms with Gasteiger partial charge >= 0.3 is 0 Å². The first-order valence-electron chi connectivity index (χ1n) is 6.39. The van der Waals surface area contributed by atoms with E-state index in [1.165, 1.54) is 0 Å². The average molecular weight is 278 g/mol. The summed E-state index contributed by atoms with van der Waals surface area (Å²) in [5, 5.41) is 0. The summed E-state index contributed by atoms with van der Waals surface area (Å²) in [7, 11) is -3.74. The van der Waals surface area contributed by atoms with E-state index in [4.69, 9.17) is 13.5 Å². The fourth-order valence-electron chi connectivity index (χ4n) is 2.15. The zero-order valence-corrected chi connectivity index (χ0v) is 14.1. The Kier molecular flexibility index (Phi) is 5.01. The lowest BCUT2D eigenvalue weighted by molar-refractivity contribution is 0.243. The van der Waals surface area contributed by atoms with Crippen LogP contribution in [0.5, 0.6) is 0 Å². The molecule has 1 saturated heterocycles. The first-order chi connectivity index (χ1) is 7.68. The van der Waals surface area contributed by atoms with Crippen LogP contribution < -0.4 is 0 Å². The second-order valence-corrected chi connectivity index (χ2v) is 13.1. The first kappa shape index (κ1) is 15.4. The van der Waals surface area contributed by atoms with Crippen LogP contribution in [0.15, 0.2) is 4.41 Å². The van der Waals surface area contributed by atoms with Crippen LogP contribution in [-0.4, -0.2) is 38.2 Å². The third-order valence-corrected chi connectivity index (χ3v) is 8.33. The van der Waals surface area contributed by atoms with Crippen LogP contribution in [-0.2, 0) is 9.05 Å². The molecule has 0 aliphatic carbocycles. The van der Waals surface area contributed by atoms with Gasteiger partial charge in [-0.15, -0.1) is 0 Å². The predicted molar refractivity (Wildman–Crippen MR) is 76.7 cm³/mol. The molecule has 1 aliphatic heterocycles. The molecule has 102 valence electrons. The van der Waals surface area contributed by atoms with E-state index in [0.717, 1.165) is 0 Å². The van der Waals surface area contributed by atoms with Gasteiger partial charge in [-0.05, 0) is 47.3 Å². The molecule has 1 aliphatic rings. The summed E-state index contributed by atoms with van der Waals surface area (Å²) < 4.78 is 19.3. The summed E-state index contributed by atoms with van der Waals surface area (Å²) in [6, 6.07) is 0.781. The molecule has 1 rings (SSSR count). The standard InChI is InChI=1S/C11H27N2O2PSi/c1-10(2)13(11(3)4)16(12-17(5,6)7)14-8-9-15-16/h10-11H,8-9H2,1-7H3. The molecule has 17 heavy (non-hydrogen) atoms. The number of nitrogens with zero attached hydrogens (tertiary/aromatic N) is 2. The predicted octanol–water partition coefficient (Wildman–Crippen LogP) is 3.93. The third kappa shape index (κ3) is 3.90. The van der Waals surface area contributed by atoms with Crippen molar-refractivity contribution in [3.63, 3.8) is 0 Å². The average Bonchev–Trinajstić information content (AvgIpc) is 2.47. The Bertz CT molecular complexity index is 295. The lowest BCUT2D eigenvalue weighted by Gasteiger charge is -2.38. The van der Waals surface area contributed by atoms with Crippen LogP contribution in [0, 0.1) is 0 Å². The molecule has 0 aromatic heterocycles. The Labute approximate surface area is 107 Å². The second kappa shape index (κ2) is 5.53. The number of hydrogen-bond donors (Lipinski definition) is 0. The summed E-state index contributed by atoms with van der Waals surface area (Å²) in [5.41, 5.74) is 0. The van der Waals surface area contributed by atoms with Gasteiger partial charge < -0.3 is 9.05 Å². The molecule has 0 unspecified atom stereocenters. The molecule has 0 saturated carbocycles. The molecule has 0 spiro atoms. The van der Waals surface area contributed by atoms with E-state index in [9.17, 15) is 0 Å². The molecule has 0 atom stereocenters. The third-order valence-electron chi connectivity index (χ3n) is 2.38. The minimum Gasteiger partial charge on any atom is -0.310 e. The van der Waals surface area contributed by atoms with Crippen molar-refractivity contribution in [2.75, 3.05) is 13.2 Å². The summed E-state index contributed by atoms with van der Waals surface area (Å²) in [4.78, 5) is 0. The summed E-state index contributed by atoms with van der Waals surface area (Å²) >= 11 is 0. The molecular weight excluding hydrogens is 251 g/mol. The van der Waals surface area contributed by atoms with Crippen LogP contribution in [0.25, 0.3) is 0 Å². The van der Waals surface area contributed by atoms with Crippen molar-refractivity contribution < 1.29 is 9.05 Å². The van der Waals surface area contributed by atoms with Crippen LogP contribution in [0.3, 0.4) is 0 Å². The highest BCUT2D eigenvalue weighted by Crippen LogP contribution is 2.61. The quantitative estimate of drug-likeness (QED) is 0.577. The smallest absolute Gasteiger partial charge is 0.281 e. The van der Waals surface area contributed by atoms with Gasteiger partial charge in [0.05, 0.1) is 13.2 Å². The maximum atomic E-state index is 5.98. The Balaban J connectivity index is 3.19. The summed E-state index contributed by atoms with van der Waals surface area (Å²) in [6.45, 7) is 16.8. The second-order valence-electron chi connectivity index (χ2n) is 6.00. The normalized spacial score (nSPS) is 20.6.